The molecule has 1 aromatic carbocycles. The molecule has 0 aliphatic carbocycles. The Labute approximate surface area is 113 Å². The van der Waals surface area contributed by atoms with Gasteiger partial charge in [-0.1, -0.05) is 18.2 Å². The number of methoxy groups -OCH3 is 2. The fourth-order valence-electron chi connectivity index (χ4n) is 1.86. The quantitative estimate of drug-likeness (QED) is 0.864. The smallest absolute Gasteiger partial charge is 0.213 e. The average Bonchev–Trinajstić information content (AvgIpc) is 2.48. The molecule has 0 aliphatic heterocycles. The van der Waals surface area contributed by atoms with Crippen LogP contribution in [0.15, 0.2) is 42.6 Å². The zero-order valence-electron chi connectivity index (χ0n) is 11.2. The first kappa shape index (κ1) is 13.4. The van der Waals surface area contributed by atoms with Crippen LogP contribution in [0.25, 0.3) is 0 Å². The summed E-state index contributed by atoms with van der Waals surface area (Å²) < 4.78 is 10.4. The Kier molecular flexibility index (Phi) is 4.75. The third-order valence-corrected chi connectivity index (χ3v) is 2.85. The van der Waals surface area contributed by atoms with Gasteiger partial charge in [-0.15, -0.1) is 0 Å². The molecule has 0 amide bonds. The summed E-state index contributed by atoms with van der Waals surface area (Å²) in [7, 11) is 3.31. The van der Waals surface area contributed by atoms with Gasteiger partial charge in [0.25, 0.3) is 0 Å². The van der Waals surface area contributed by atoms with Crippen molar-refractivity contribution in [2.45, 2.75) is 13.1 Å². The molecule has 4 nitrogen and oxygen atoms in total. The maximum atomic E-state index is 5.31. The minimum absolute atomic E-state index is 0.636. The summed E-state index contributed by atoms with van der Waals surface area (Å²) in [5.74, 6) is 1.54. The fourth-order valence-corrected chi connectivity index (χ4v) is 1.86. The van der Waals surface area contributed by atoms with E-state index in [1.807, 2.05) is 30.3 Å². The molecule has 19 heavy (non-hydrogen) atoms. The van der Waals surface area contributed by atoms with Gasteiger partial charge in [-0.05, 0) is 17.7 Å². The number of benzene rings is 1. The Bertz CT molecular complexity index is 529. The lowest BCUT2D eigenvalue weighted by molar-refractivity contribution is 0.397. The first-order valence-corrected chi connectivity index (χ1v) is 6.15. The summed E-state index contributed by atoms with van der Waals surface area (Å²) in [6.07, 6.45) is 1.75. The zero-order valence-corrected chi connectivity index (χ0v) is 11.2. The number of aromatic nitrogens is 1. The first-order valence-electron chi connectivity index (χ1n) is 6.15. The summed E-state index contributed by atoms with van der Waals surface area (Å²) >= 11 is 0. The summed E-state index contributed by atoms with van der Waals surface area (Å²) in [6, 6.07) is 11.9. The lowest BCUT2D eigenvalue weighted by Gasteiger charge is -2.09. The van der Waals surface area contributed by atoms with E-state index in [0.717, 1.165) is 30.0 Å². The van der Waals surface area contributed by atoms with Gasteiger partial charge >= 0.3 is 0 Å². The van der Waals surface area contributed by atoms with E-state index >= 15 is 0 Å². The molecule has 0 saturated carbocycles. The molecule has 0 bridgehead atoms. The molecular formula is C15H18N2O2. The van der Waals surface area contributed by atoms with E-state index in [9.17, 15) is 0 Å². The van der Waals surface area contributed by atoms with Crippen molar-refractivity contribution >= 4 is 0 Å². The standard InChI is InChI=1S/C15H18N2O2/c1-18-14-6-4-3-5-13(14)11-16-10-12-7-8-17-15(9-12)19-2/h3-9,16H,10-11H2,1-2H3. The Morgan fingerprint density at radius 2 is 1.89 bits per heavy atom. The van der Waals surface area contributed by atoms with E-state index < -0.39 is 0 Å². The SMILES string of the molecule is COc1cc(CNCc2ccccc2OC)ccn1. The lowest BCUT2D eigenvalue weighted by Crippen LogP contribution is -2.13. The molecule has 100 valence electrons. The number of nitrogens with one attached hydrogen (secondary N) is 1. The molecule has 1 heterocycles. The Hall–Kier alpha value is -2.07. The van der Waals surface area contributed by atoms with E-state index in [-0.39, 0.29) is 0 Å². The van der Waals surface area contributed by atoms with Crippen molar-refractivity contribution in [3.8, 4) is 11.6 Å². The fraction of sp³-hybridized carbons (Fsp3) is 0.267. The van der Waals surface area contributed by atoms with Gasteiger partial charge in [0.1, 0.15) is 5.75 Å². The molecule has 0 atom stereocenters. The van der Waals surface area contributed by atoms with Crippen LogP contribution in [0.3, 0.4) is 0 Å². The van der Waals surface area contributed by atoms with Crippen molar-refractivity contribution in [2.75, 3.05) is 14.2 Å². The number of hydrogen-bond donors (Lipinski definition) is 1. The highest BCUT2D eigenvalue weighted by Gasteiger charge is 2.01. The molecule has 0 fully saturated rings. The maximum absolute atomic E-state index is 5.31. The van der Waals surface area contributed by atoms with Gasteiger partial charge in [0.2, 0.25) is 5.88 Å². The minimum Gasteiger partial charge on any atom is -0.496 e. The zero-order chi connectivity index (χ0) is 13.5. The second-order valence-corrected chi connectivity index (χ2v) is 4.12. The van der Waals surface area contributed by atoms with Crippen molar-refractivity contribution in [2.24, 2.45) is 0 Å². The van der Waals surface area contributed by atoms with Crippen LogP contribution < -0.4 is 14.8 Å². The minimum atomic E-state index is 0.636. The largest absolute Gasteiger partial charge is 0.496 e. The number of ether oxygens (including phenoxy) is 2. The third-order valence-electron chi connectivity index (χ3n) is 2.85. The summed E-state index contributed by atoms with van der Waals surface area (Å²) in [5, 5.41) is 3.38. The Balaban J connectivity index is 1.92. The van der Waals surface area contributed by atoms with E-state index in [2.05, 4.69) is 16.4 Å². The lowest BCUT2D eigenvalue weighted by atomic mass is 10.2. The molecule has 0 spiro atoms. The predicted molar refractivity (Wildman–Crippen MR) is 74.3 cm³/mol. The van der Waals surface area contributed by atoms with Gasteiger partial charge in [0.15, 0.2) is 0 Å². The van der Waals surface area contributed by atoms with Crippen LogP contribution >= 0.6 is 0 Å². The van der Waals surface area contributed by atoms with Crippen molar-refractivity contribution in [1.82, 2.24) is 10.3 Å². The third kappa shape index (κ3) is 3.69. The second kappa shape index (κ2) is 6.75. The van der Waals surface area contributed by atoms with Crippen molar-refractivity contribution in [3.05, 3.63) is 53.7 Å². The van der Waals surface area contributed by atoms with Gasteiger partial charge in [-0.3, -0.25) is 0 Å². The topological polar surface area (TPSA) is 43.4 Å². The maximum Gasteiger partial charge on any atom is 0.213 e. The number of nitrogens with zero attached hydrogens (tertiary/aromatic N) is 1. The monoisotopic (exact) mass is 258 g/mol. The van der Waals surface area contributed by atoms with E-state index in [1.165, 1.54) is 0 Å². The van der Waals surface area contributed by atoms with Gasteiger partial charge in [0, 0.05) is 30.9 Å². The van der Waals surface area contributed by atoms with Crippen LogP contribution in [0.5, 0.6) is 11.6 Å². The molecule has 0 unspecified atom stereocenters. The molecule has 2 rings (SSSR count). The highest BCUT2D eigenvalue weighted by Crippen LogP contribution is 2.17. The second-order valence-electron chi connectivity index (χ2n) is 4.12. The molecule has 0 radical (unpaired) electrons. The van der Waals surface area contributed by atoms with E-state index in [1.54, 1.807) is 20.4 Å². The van der Waals surface area contributed by atoms with E-state index in [4.69, 9.17) is 9.47 Å². The highest BCUT2D eigenvalue weighted by atomic mass is 16.5. The van der Waals surface area contributed by atoms with Crippen LogP contribution in [-0.4, -0.2) is 19.2 Å². The van der Waals surface area contributed by atoms with E-state index in [0.29, 0.717) is 5.88 Å². The van der Waals surface area contributed by atoms with Crippen molar-refractivity contribution < 1.29 is 9.47 Å². The molecule has 1 aromatic heterocycles. The normalized spacial score (nSPS) is 10.2. The van der Waals surface area contributed by atoms with Crippen LogP contribution in [-0.2, 0) is 13.1 Å². The van der Waals surface area contributed by atoms with Crippen LogP contribution in [0, 0.1) is 0 Å². The van der Waals surface area contributed by atoms with Crippen molar-refractivity contribution in [3.63, 3.8) is 0 Å². The molecular weight excluding hydrogens is 240 g/mol. The Morgan fingerprint density at radius 1 is 1.05 bits per heavy atom. The van der Waals surface area contributed by atoms with Crippen LogP contribution in [0.1, 0.15) is 11.1 Å². The van der Waals surface area contributed by atoms with Crippen LogP contribution in [0.4, 0.5) is 0 Å². The number of para-hydroxylation sites is 1. The van der Waals surface area contributed by atoms with Gasteiger partial charge in [0.05, 0.1) is 14.2 Å². The number of hydrogen-bond acceptors (Lipinski definition) is 4. The predicted octanol–water partition coefficient (Wildman–Crippen LogP) is 2.39. The first-order chi connectivity index (χ1) is 9.33. The summed E-state index contributed by atoms with van der Waals surface area (Å²) in [6.45, 7) is 1.52. The molecule has 4 heteroatoms. The van der Waals surface area contributed by atoms with Crippen LogP contribution in [0.2, 0.25) is 0 Å². The summed E-state index contributed by atoms with van der Waals surface area (Å²) in [5.41, 5.74) is 2.28. The summed E-state index contributed by atoms with van der Waals surface area (Å²) in [4.78, 5) is 4.08. The molecule has 0 saturated heterocycles. The number of pyridine rings is 1. The Morgan fingerprint density at radius 3 is 2.68 bits per heavy atom. The molecule has 1 N–H and O–H groups in total. The highest BCUT2D eigenvalue weighted by molar-refractivity contribution is 5.33. The molecule has 0 aliphatic rings. The average molecular weight is 258 g/mol. The number of rotatable bonds is 6. The van der Waals surface area contributed by atoms with Crippen molar-refractivity contribution in [1.29, 1.82) is 0 Å². The molecule has 2 aromatic rings. The van der Waals surface area contributed by atoms with Gasteiger partial charge < -0.3 is 14.8 Å². The van der Waals surface area contributed by atoms with Gasteiger partial charge in [-0.2, -0.15) is 0 Å². The van der Waals surface area contributed by atoms with Gasteiger partial charge in [-0.25, -0.2) is 4.98 Å².